The van der Waals surface area contributed by atoms with Gasteiger partial charge in [0.25, 0.3) is 6.43 Å². The lowest BCUT2D eigenvalue weighted by Gasteiger charge is -2.70. The first-order valence-corrected chi connectivity index (χ1v) is 22.5. The smallest absolute Gasteiger partial charge is 0.420 e. The van der Waals surface area contributed by atoms with E-state index in [-0.39, 0.29) is 33.7 Å². The summed E-state index contributed by atoms with van der Waals surface area (Å²) in [6, 6.07) is 4.95. The van der Waals surface area contributed by atoms with Gasteiger partial charge in [0, 0.05) is 29.3 Å². The summed E-state index contributed by atoms with van der Waals surface area (Å²) >= 11 is 0. The average Bonchev–Trinajstić information content (AvgIpc) is 3.58. The maximum absolute atomic E-state index is 14.5. The van der Waals surface area contributed by atoms with Gasteiger partial charge in [0.1, 0.15) is 22.7 Å². The van der Waals surface area contributed by atoms with Crippen LogP contribution in [0.3, 0.4) is 0 Å². The maximum Gasteiger partial charge on any atom is 0.420 e. The van der Waals surface area contributed by atoms with Crippen molar-refractivity contribution in [1.29, 1.82) is 0 Å². The second-order valence-electron chi connectivity index (χ2n) is 20.8. The number of pyridine rings is 1. The monoisotopic (exact) mass is 773 g/mol. The van der Waals surface area contributed by atoms with E-state index < -0.39 is 49.4 Å². The highest BCUT2D eigenvalue weighted by atomic mass is 28.4. The first-order chi connectivity index (χ1) is 24.5. The lowest BCUT2D eigenvalue weighted by Crippen LogP contribution is -2.74. The molecule has 0 aliphatic heterocycles. The van der Waals surface area contributed by atoms with Gasteiger partial charge in [0.05, 0.1) is 16.9 Å². The van der Waals surface area contributed by atoms with E-state index in [1.165, 1.54) is 11.0 Å². The van der Waals surface area contributed by atoms with Gasteiger partial charge in [-0.1, -0.05) is 20.8 Å². The van der Waals surface area contributed by atoms with E-state index >= 15 is 0 Å². The van der Waals surface area contributed by atoms with Gasteiger partial charge >= 0.3 is 12.2 Å². The number of aromatic nitrogens is 3. The second-order valence-corrected chi connectivity index (χ2v) is 25.6. The molecule has 0 saturated heterocycles. The Hall–Kier alpha value is -3.06. The summed E-state index contributed by atoms with van der Waals surface area (Å²) in [4.78, 5) is 32.4. The SMILES string of the molecule is CC(C)(C)OC(=O)NC12CC(CCc3cc(N(C(=O)OC(C)(C)C)c4cc([C@H]5CC[C@@H](O[Si](C)(C)C(C)(C)C)C5)nn4C(C)(C)C)cc(C(F)F)n3)(C1)C2. The fourth-order valence-corrected chi connectivity index (χ4v) is 9.46. The summed E-state index contributed by atoms with van der Waals surface area (Å²) in [5.41, 5.74) is -1.07. The summed E-state index contributed by atoms with van der Waals surface area (Å²) in [7, 11) is -1.97. The average molecular weight is 774 g/mol. The number of ether oxygens (including phenoxy) is 2. The Kier molecular flexibility index (Phi) is 11.0. The molecule has 54 heavy (non-hydrogen) atoms. The summed E-state index contributed by atoms with van der Waals surface area (Å²) in [6.45, 7) is 28.2. The lowest BCUT2D eigenvalue weighted by atomic mass is 9.38. The quantitative estimate of drug-likeness (QED) is 0.240. The number of nitrogens with zero attached hydrogens (tertiary/aromatic N) is 4. The Balaban J connectivity index is 1.44. The van der Waals surface area contributed by atoms with Crippen molar-refractivity contribution in [2.45, 2.75) is 193 Å². The third kappa shape index (κ3) is 9.48. The number of anilines is 2. The predicted molar refractivity (Wildman–Crippen MR) is 210 cm³/mol. The van der Waals surface area contributed by atoms with Crippen LogP contribution in [0.1, 0.15) is 157 Å². The molecule has 4 saturated carbocycles. The molecule has 6 rings (SSSR count). The molecule has 0 aromatic carbocycles. The summed E-state index contributed by atoms with van der Waals surface area (Å²) in [5, 5.41) is 8.25. The molecular weight excluding hydrogens is 709 g/mol. The number of rotatable bonds is 10. The molecule has 4 fully saturated rings. The van der Waals surface area contributed by atoms with Gasteiger partial charge in [0.2, 0.25) is 0 Å². The first kappa shape index (κ1) is 42.1. The van der Waals surface area contributed by atoms with Gasteiger partial charge in [-0.2, -0.15) is 5.10 Å². The second kappa shape index (κ2) is 14.1. The first-order valence-electron chi connectivity index (χ1n) is 19.6. The molecule has 2 aromatic heterocycles. The number of carbonyl (C=O) groups excluding carboxylic acids is 2. The van der Waals surface area contributed by atoms with Crippen molar-refractivity contribution >= 4 is 32.0 Å². The van der Waals surface area contributed by atoms with Gasteiger partial charge < -0.3 is 19.2 Å². The highest BCUT2D eigenvalue weighted by Gasteiger charge is 2.68. The number of carbonyl (C=O) groups is 2. The maximum atomic E-state index is 14.5. The number of aryl methyl sites for hydroxylation is 1. The number of halogens is 2. The van der Waals surface area contributed by atoms with Gasteiger partial charge in [-0.3, -0.25) is 4.98 Å². The van der Waals surface area contributed by atoms with Crippen LogP contribution in [0.25, 0.3) is 0 Å². The van der Waals surface area contributed by atoms with Crippen LogP contribution in [0.2, 0.25) is 18.1 Å². The van der Waals surface area contributed by atoms with Crippen molar-refractivity contribution in [2.75, 3.05) is 4.90 Å². The van der Waals surface area contributed by atoms with E-state index in [1.54, 1.807) is 26.8 Å². The molecule has 2 aromatic rings. The van der Waals surface area contributed by atoms with Crippen LogP contribution in [0.5, 0.6) is 0 Å². The minimum Gasteiger partial charge on any atom is -0.444 e. The van der Waals surface area contributed by atoms with Gasteiger partial charge in [-0.15, -0.1) is 0 Å². The summed E-state index contributed by atoms with van der Waals surface area (Å²) in [5.74, 6) is 0.570. The molecule has 2 heterocycles. The Labute approximate surface area is 322 Å². The van der Waals surface area contributed by atoms with Gasteiger partial charge in [-0.05, 0) is 149 Å². The van der Waals surface area contributed by atoms with Crippen molar-refractivity contribution in [2.24, 2.45) is 5.41 Å². The zero-order chi connectivity index (χ0) is 40.4. The molecule has 13 heteroatoms. The normalized spacial score (nSPS) is 24.5. The molecular formula is C41H65F2N5O5Si. The van der Waals surface area contributed by atoms with Crippen LogP contribution in [-0.4, -0.2) is 58.1 Å². The van der Waals surface area contributed by atoms with Crippen LogP contribution >= 0.6 is 0 Å². The number of hydrogen-bond acceptors (Lipinski definition) is 7. The Morgan fingerprint density at radius 3 is 2.09 bits per heavy atom. The number of nitrogens with one attached hydrogen (secondary N) is 1. The molecule has 0 unspecified atom stereocenters. The lowest BCUT2D eigenvalue weighted by molar-refractivity contribution is -0.155. The van der Waals surface area contributed by atoms with E-state index in [9.17, 15) is 18.4 Å². The summed E-state index contributed by atoms with van der Waals surface area (Å²) < 4.78 is 49.1. The van der Waals surface area contributed by atoms with Crippen molar-refractivity contribution < 1.29 is 32.3 Å². The Morgan fingerprint density at radius 1 is 0.944 bits per heavy atom. The van der Waals surface area contributed by atoms with E-state index in [1.807, 2.05) is 52.3 Å². The van der Waals surface area contributed by atoms with Crippen LogP contribution in [0.4, 0.5) is 29.9 Å². The van der Waals surface area contributed by atoms with E-state index in [2.05, 4.69) is 44.2 Å². The van der Waals surface area contributed by atoms with Crippen LogP contribution in [-0.2, 0) is 25.9 Å². The Bertz CT molecular complexity index is 1700. The van der Waals surface area contributed by atoms with Crippen molar-refractivity contribution in [3.8, 4) is 0 Å². The third-order valence-corrected chi connectivity index (χ3v) is 15.9. The molecule has 0 spiro atoms. The number of hydrogen-bond donors (Lipinski definition) is 1. The topological polar surface area (TPSA) is 108 Å². The Morgan fingerprint density at radius 2 is 1.56 bits per heavy atom. The minimum atomic E-state index is -2.85. The van der Waals surface area contributed by atoms with Crippen LogP contribution in [0.15, 0.2) is 18.2 Å². The fraction of sp³-hybridized carbons (Fsp3) is 0.756. The molecule has 4 aliphatic carbocycles. The van der Waals surface area contributed by atoms with Crippen molar-refractivity contribution in [3.05, 3.63) is 35.3 Å². The molecule has 2 amide bonds. The molecule has 10 nitrogen and oxygen atoms in total. The van der Waals surface area contributed by atoms with Crippen LogP contribution < -0.4 is 10.2 Å². The number of amides is 2. The standard InChI is InChI=1S/C41H65F2N5O5Si/c1-36(2,3)48-32(22-30(46-48)26-15-16-29(19-26)53-54(13,14)39(10,11)12)47(35(50)52-38(7,8)9)28-20-27(44-31(21-28)33(42)43)17-18-40-23-41(24-40,25-40)45-34(49)51-37(4,5)6/h20-22,26,29,33H,15-19,23-25H2,1-14H3,(H,45,49)/t26-,29+,40?,41?/m0/s1. The zero-order valence-corrected chi connectivity index (χ0v) is 36.2. The molecule has 302 valence electrons. The highest BCUT2D eigenvalue weighted by molar-refractivity contribution is 6.74. The number of alkyl carbamates (subject to hydrolysis) is 1. The van der Waals surface area contributed by atoms with E-state index in [4.69, 9.17) is 19.0 Å². The molecule has 4 aliphatic rings. The van der Waals surface area contributed by atoms with Crippen molar-refractivity contribution in [3.63, 3.8) is 0 Å². The molecule has 2 atom stereocenters. The van der Waals surface area contributed by atoms with E-state index in [0.717, 1.165) is 50.6 Å². The zero-order valence-electron chi connectivity index (χ0n) is 35.2. The highest BCUT2D eigenvalue weighted by Crippen LogP contribution is 2.69. The van der Waals surface area contributed by atoms with Crippen molar-refractivity contribution in [1.82, 2.24) is 20.1 Å². The molecule has 2 bridgehead atoms. The number of alkyl halides is 2. The van der Waals surface area contributed by atoms with Gasteiger partial charge in [-0.25, -0.2) is 28.0 Å². The molecule has 0 radical (unpaired) electrons. The van der Waals surface area contributed by atoms with E-state index in [0.29, 0.717) is 17.9 Å². The fourth-order valence-electron chi connectivity index (χ4n) is 8.06. The van der Waals surface area contributed by atoms with Gasteiger partial charge in [0.15, 0.2) is 8.32 Å². The van der Waals surface area contributed by atoms with Crippen LogP contribution in [0, 0.1) is 5.41 Å². The third-order valence-electron chi connectivity index (χ3n) is 11.4. The minimum absolute atomic E-state index is 0.00966. The largest absolute Gasteiger partial charge is 0.444 e. The predicted octanol–water partition coefficient (Wildman–Crippen LogP) is 11.1. The summed E-state index contributed by atoms with van der Waals surface area (Å²) in [6.07, 6.45) is 2.42. The molecule has 1 N–H and O–H groups in total.